The van der Waals surface area contributed by atoms with Gasteiger partial charge in [-0.1, -0.05) is 24.6 Å². The molecule has 0 aliphatic carbocycles. The van der Waals surface area contributed by atoms with E-state index in [9.17, 15) is 4.39 Å². The van der Waals surface area contributed by atoms with Gasteiger partial charge in [0.2, 0.25) is 0 Å². The lowest BCUT2D eigenvalue weighted by Gasteiger charge is -2.20. The van der Waals surface area contributed by atoms with Crippen molar-refractivity contribution in [2.45, 2.75) is 19.4 Å². The number of rotatable bonds is 4. The fraction of sp³-hybridized carbons (Fsp3) is 0.538. The van der Waals surface area contributed by atoms with Crippen molar-refractivity contribution < 1.29 is 9.13 Å². The molecule has 0 aromatic heterocycles. The van der Waals surface area contributed by atoms with E-state index in [1.54, 1.807) is 12.1 Å². The molecule has 0 spiro atoms. The van der Waals surface area contributed by atoms with Crippen LogP contribution < -0.4 is 5.32 Å². The lowest BCUT2D eigenvalue weighted by molar-refractivity contribution is 0.0877. The van der Waals surface area contributed by atoms with E-state index in [4.69, 9.17) is 16.3 Å². The summed E-state index contributed by atoms with van der Waals surface area (Å²) in [6, 6.07) is 4.77. The Kier molecular flexibility index (Phi) is 4.37. The van der Waals surface area contributed by atoms with Crippen molar-refractivity contribution in [2.24, 2.45) is 5.92 Å². The lowest BCUT2D eigenvalue weighted by atomic mass is 9.95. The minimum Gasteiger partial charge on any atom is -0.373 e. The lowest BCUT2D eigenvalue weighted by Crippen LogP contribution is -2.25. The Hall–Kier alpha value is -0.640. The summed E-state index contributed by atoms with van der Waals surface area (Å²) >= 11 is 6.07. The predicted octanol–water partition coefficient (Wildman–Crippen LogP) is 3.17. The average Bonchev–Trinajstić information content (AvgIpc) is 2.74. The van der Waals surface area contributed by atoms with E-state index in [2.05, 4.69) is 12.2 Å². The van der Waals surface area contributed by atoms with Gasteiger partial charge in [-0.2, -0.15) is 0 Å². The topological polar surface area (TPSA) is 21.3 Å². The summed E-state index contributed by atoms with van der Waals surface area (Å²) in [5.41, 5.74) is 0.509. The van der Waals surface area contributed by atoms with E-state index in [1.807, 2.05) is 0 Å². The van der Waals surface area contributed by atoms with Crippen molar-refractivity contribution in [1.29, 1.82) is 0 Å². The zero-order valence-corrected chi connectivity index (χ0v) is 10.6. The smallest absolute Gasteiger partial charge is 0.130 e. The van der Waals surface area contributed by atoms with Crippen LogP contribution in [0.15, 0.2) is 18.2 Å². The molecule has 0 saturated carbocycles. The van der Waals surface area contributed by atoms with Crippen LogP contribution in [0, 0.1) is 11.7 Å². The molecule has 0 radical (unpaired) electrons. The van der Waals surface area contributed by atoms with Gasteiger partial charge < -0.3 is 10.1 Å². The Bertz CT molecular complexity index is 365. The first kappa shape index (κ1) is 12.8. The maximum Gasteiger partial charge on any atom is 0.130 e. The minimum absolute atomic E-state index is 0.220. The number of nitrogens with one attached hydrogen (secondary N) is 1. The first-order valence-electron chi connectivity index (χ1n) is 6.00. The highest BCUT2D eigenvalue weighted by molar-refractivity contribution is 6.31. The molecule has 2 unspecified atom stereocenters. The molecule has 2 atom stereocenters. The molecule has 1 aliphatic rings. The minimum atomic E-state index is -0.272. The van der Waals surface area contributed by atoms with Gasteiger partial charge in [0.15, 0.2) is 0 Å². The van der Waals surface area contributed by atoms with Crippen molar-refractivity contribution in [2.75, 3.05) is 19.7 Å². The molecule has 0 bridgehead atoms. The molecule has 1 saturated heterocycles. The molecule has 4 heteroatoms. The Morgan fingerprint density at radius 2 is 2.35 bits per heavy atom. The summed E-state index contributed by atoms with van der Waals surface area (Å²) in [6.07, 6.45) is 0.727. The highest BCUT2D eigenvalue weighted by Crippen LogP contribution is 2.38. The molecular formula is C13H17ClFNO. The van der Waals surface area contributed by atoms with Crippen LogP contribution in [0.2, 0.25) is 5.02 Å². The Morgan fingerprint density at radius 3 is 3.06 bits per heavy atom. The summed E-state index contributed by atoms with van der Waals surface area (Å²) in [5.74, 6) is 0.0234. The van der Waals surface area contributed by atoms with Crippen LogP contribution >= 0.6 is 11.6 Å². The van der Waals surface area contributed by atoms with Crippen LogP contribution in [-0.2, 0) is 4.74 Å². The summed E-state index contributed by atoms with van der Waals surface area (Å²) < 4.78 is 19.5. The van der Waals surface area contributed by atoms with E-state index in [-0.39, 0.29) is 11.9 Å². The zero-order valence-electron chi connectivity index (χ0n) is 9.88. The van der Waals surface area contributed by atoms with Crippen molar-refractivity contribution in [3.05, 3.63) is 34.6 Å². The normalized spacial score (nSPS) is 24.2. The second kappa shape index (κ2) is 5.80. The highest BCUT2D eigenvalue weighted by Gasteiger charge is 2.32. The van der Waals surface area contributed by atoms with Crippen LogP contribution in [0.25, 0.3) is 0 Å². The third kappa shape index (κ3) is 2.79. The SMILES string of the molecule is CCNCC1CCOC1c1c(F)cccc1Cl. The fourth-order valence-electron chi connectivity index (χ4n) is 2.27. The number of ether oxygens (including phenoxy) is 1. The third-order valence-corrected chi connectivity index (χ3v) is 3.48. The van der Waals surface area contributed by atoms with Crippen LogP contribution in [0.1, 0.15) is 25.0 Å². The average molecular weight is 258 g/mol. The van der Waals surface area contributed by atoms with E-state index < -0.39 is 0 Å². The largest absolute Gasteiger partial charge is 0.373 e. The maximum atomic E-state index is 13.8. The second-order valence-electron chi connectivity index (χ2n) is 4.28. The van der Waals surface area contributed by atoms with Crippen LogP contribution in [-0.4, -0.2) is 19.7 Å². The van der Waals surface area contributed by atoms with Gasteiger partial charge in [-0.15, -0.1) is 0 Å². The van der Waals surface area contributed by atoms with Gasteiger partial charge in [-0.25, -0.2) is 4.39 Å². The molecule has 2 rings (SSSR count). The second-order valence-corrected chi connectivity index (χ2v) is 4.69. The summed E-state index contributed by atoms with van der Waals surface area (Å²) in [4.78, 5) is 0. The van der Waals surface area contributed by atoms with Crippen LogP contribution in [0.5, 0.6) is 0 Å². The summed E-state index contributed by atoms with van der Waals surface area (Å²) in [5, 5.41) is 3.74. The Morgan fingerprint density at radius 1 is 1.53 bits per heavy atom. The van der Waals surface area contributed by atoms with Gasteiger partial charge in [-0.05, 0) is 25.1 Å². The molecular weight excluding hydrogens is 241 g/mol. The number of halogens is 2. The van der Waals surface area contributed by atoms with E-state index in [0.717, 1.165) is 19.5 Å². The standard InChI is InChI=1S/C13H17ClFNO/c1-2-16-8-9-6-7-17-13(9)12-10(14)4-3-5-11(12)15/h3-5,9,13,16H,2,6-8H2,1H3. The van der Waals surface area contributed by atoms with Gasteiger partial charge in [0.25, 0.3) is 0 Å². The van der Waals surface area contributed by atoms with Gasteiger partial charge >= 0.3 is 0 Å². The van der Waals surface area contributed by atoms with Crippen molar-refractivity contribution in [1.82, 2.24) is 5.32 Å². The number of benzene rings is 1. The third-order valence-electron chi connectivity index (χ3n) is 3.15. The molecule has 1 heterocycles. The van der Waals surface area contributed by atoms with Gasteiger partial charge in [0.1, 0.15) is 5.82 Å². The predicted molar refractivity (Wildman–Crippen MR) is 66.8 cm³/mol. The maximum absolute atomic E-state index is 13.8. The van der Waals surface area contributed by atoms with E-state index in [1.165, 1.54) is 6.07 Å². The first-order chi connectivity index (χ1) is 8.24. The van der Waals surface area contributed by atoms with Crippen LogP contribution in [0.3, 0.4) is 0 Å². The number of hydrogen-bond acceptors (Lipinski definition) is 2. The molecule has 1 N–H and O–H groups in total. The summed E-state index contributed by atoms with van der Waals surface area (Å²) in [7, 11) is 0. The van der Waals surface area contributed by atoms with Gasteiger partial charge in [-0.3, -0.25) is 0 Å². The van der Waals surface area contributed by atoms with Crippen LogP contribution in [0.4, 0.5) is 4.39 Å². The first-order valence-corrected chi connectivity index (χ1v) is 6.38. The monoisotopic (exact) mass is 257 g/mol. The van der Waals surface area contributed by atoms with E-state index >= 15 is 0 Å². The Balaban J connectivity index is 2.20. The molecule has 94 valence electrons. The molecule has 17 heavy (non-hydrogen) atoms. The molecule has 1 aromatic carbocycles. The van der Waals surface area contributed by atoms with Crippen molar-refractivity contribution in [3.8, 4) is 0 Å². The number of hydrogen-bond donors (Lipinski definition) is 1. The Labute approximate surface area is 106 Å². The highest BCUT2D eigenvalue weighted by atomic mass is 35.5. The molecule has 0 amide bonds. The molecule has 2 nitrogen and oxygen atoms in total. The molecule has 1 aromatic rings. The summed E-state index contributed by atoms with van der Waals surface area (Å²) in [6.45, 7) is 4.48. The fourth-order valence-corrected chi connectivity index (χ4v) is 2.54. The van der Waals surface area contributed by atoms with Gasteiger partial charge in [0.05, 0.1) is 6.10 Å². The van der Waals surface area contributed by atoms with Crippen molar-refractivity contribution in [3.63, 3.8) is 0 Å². The quantitative estimate of drug-likeness (QED) is 0.895. The van der Waals surface area contributed by atoms with Crippen molar-refractivity contribution >= 4 is 11.6 Å². The zero-order chi connectivity index (χ0) is 12.3. The van der Waals surface area contributed by atoms with Gasteiger partial charge in [0, 0.05) is 29.7 Å². The van der Waals surface area contributed by atoms with E-state index in [0.29, 0.717) is 23.1 Å². The molecule has 1 aliphatic heterocycles. The molecule has 1 fully saturated rings.